The summed E-state index contributed by atoms with van der Waals surface area (Å²) in [7, 11) is 3.97. The Hall–Kier alpha value is -2.60. The second kappa shape index (κ2) is 8.14. The molecule has 1 heterocycles. The molecule has 0 radical (unpaired) electrons. The molecule has 0 spiro atoms. The molecular weight excluding hydrogens is 294 g/mol. The van der Waals surface area contributed by atoms with E-state index in [1.807, 2.05) is 19.0 Å². The lowest BCUT2D eigenvalue weighted by Crippen LogP contribution is -2.26. The molecule has 1 amide bonds. The van der Waals surface area contributed by atoms with E-state index < -0.39 is 0 Å². The third kappa shape index (κ3) is 5.60. The van der Waals surface area contributed by atoms with Crippen molar-refractivity contribution in [2.24, 2.45) is 0 Å². The zero-order valence-corrected chi connectivity index (χ0v) is 13.4. The van der Waals surface area contributed by atoms with Gasteiger partial charge >= 0.3 is 0 Å². The van der Waals surface area contributed by atoms with Crippen molar-refractivity contribution in [3.05, 3.63) is 59.0 Å². The van der Waals surface area contributed by atoms with Crippen LogP contribution in [-0.2, 0) is 11.3 Å². The lowest BCUT2D eigenvalue weighted by atomic mass is 10.3. The van der Waals surface area contributed by atoms with Crippen molar-refractivity contribution in [1.29, 1.82) is 0 Å². The summed E-state index contributed by atoms with van der Waals surface area (Å²) in [5, 5.41) is 2.76. The van der Waals surface area contributed by atoms with E-state index in [0.717, 1.165) is 12.3 Å². The molecule has 0 aliphatic rings. The van der Waals surface area contributed by atoms with Gasteiger partial charge in [0.1, 0.15) is 18.9 Å². The minimum absolute atomic E-state index is 0.0131. The van der Waals surface area contributed by atoms with Gasteiger partial charge in [0.15, 0.2) is 0 Å². The first-order valence-electron chi connectivity index (χ1n) is 7.37. The maximum atomic E-state index is 12.0. The Labute approximate surface area is 135 Å². The molecule has 23 heavy (non-hydrogen) atoms. The Morgan fingerprint density at radius 3 is 2.57 bits per heavy atom. The highest BCUT2D eigenvalue weighted by molar-refractivity contribution is 5.90. The zero-order chi connectivity index (χ0) is 16.7. The standard InChI is InChI=1S/C17H21N3O3/c1-19(2)11-12-23-15-8-6-14(7-9-15)18-16(21)13-20-10-4-3-5-17(20)22/h3-10H,11-13H2,1-2H3,(H,18,21). The summed E-state index contributed by atoms with van der Waals surface area (Å²) in [5.74, 6) is 0.503. The molecule has 0 saturated heterocycles. The molecule has 0 atom stereocenters. The maximum absolute atomic E-state index is 12.0. The SMILES string of the molecule is CN(C)CCOc1ccc(NC(=O)Cn2ccccc2=O)cc1. The number of likely N-dealkylation sites (N-methyl/N-ethyl adjacent to an activating group) is 1. The van der Waals surface area contributed by atoms with Gasteiger partial charge in [0.2, 0.25) is 5.91 Å². The molecule has 6 heteroatoms. The molecule has 0 unspecified atom stereocenters. The van der Waals surface area contributed by atoms with Crippen LogP contribution in [0.25, 0.3) is 0 Å². The Morgan fingerprint density at radius 2 is 1.91 bits per heavy atom. The van der Waals surface area contributed by atoms with Gasteiger partial charge in [-0.05, 0) is 44.4 Å². The van der Waals surface area contributed by atoms with Crippen molar-refractivity contribution in [1.82, 2.24) is 9.47 Å². The normalized spacial score (nSPS) is 10.6. The average Bonchev–Trinajstić information content (AvgIpc) is 2.51. The largest absolute Gasteiger partial charge is 0.492 e. The Kier molecular flexibility index (Phi) is 5.94. The highest BCUT2D eigenvalue weighted by Gasteiger charge is 2.05. The highest BCUT2D eigenvalue weighted by Crippen LogP contribution is 2.15. The summed E-state index contributed by atoms with van der Waals surface area (Å²) in [6.45, 7) is 1.43. The van der Waals surface area contributed by atoms with E-state index in [0.29, 0.717) is 12.3 Å². The molecule has 0 aliphatic carbocycles. The summed E-state index contributed by atoms with van der Waals surface area (Å²) >= 11 is 0. The number of ether oxygens (including phenoxy) is 1. The van der Waals surface area contributed by atoms with Gasteiger partial charge in [0.05, 0.1) is 0 Å². The van der Waals surface area contributed by atoms with Gasteiger partial charge in [-0.25, -0.2) is 0 Å². The smallest absolute Gasteiger partial charge is 0.250 e. The van der Waals surface area contributed by atoms with Gasteiger partial charge in [-0.3, -0.25) is 9.59 Å². The number of aromatic nitrogens is 1. The number of pyridine rings is 1. The Morgan fingerprint density at radius 1 is 1.17 bits per heavy atom. The van der Waals surface area contributed by atoms with Gasteiger partial charge in [-0.15, -0.1) is 0 Å². The molecule has 0 aliphatic heterocycles. The summed E-state index contributed by atoms with van der Waals surface area (Å²) in [4.78, 5) is 25.6. The van der Waals surface area contributed by atoms with E-state index in [2.05, 4.69) is 5.32 Å². The molecule has 2 aromatic rings. The average molecular weight is 315 g/mol. The topological polar surface area (TPSA) is 63.6 Å². The summed E-state index contributed by atoms with van der Waals surface area (Å²) in [6, 6.07) is 11.9. The Balaban J connectivity index is 1.87. The van der Waals surface area contributed by atoms with Crippen LogP contribution in [0.2, 0.25) is 0 Å². The van der Waals surface area contributed by atoms with Gasteiger partial charge in [-0.2, -0.15) is 0 Å². The predicted octanol–water partition coefficient (Wildman–Crippen LogP) is 1.43. The van der Waals surface area contributed by atoms with Gasteiger partial charge < -0.3 is 19.5 Å². The lowest BCUT2D eigenvalue weighted by Gasteiger charge is -2.11. The minimum Gasteiger partial charge on any atom is -0.492 e. The minimum atomic E-state index is -0.250. The van der Waals surface area contributed by atoms with Crippen LogP contribution in [0.4, 0.5) is 5.69 Å². The van der Waals surface area contributed by atoms with Crippen LogP contribution < -0.4 is 15.6 Å². The van der Waals surface area contributed by atoms with Crippen molar-refractivity contribution in [3.8, 4) is 5.75 Å². The van der Waals surface area contributed by atoms with E-state index in [9.17, 15) is 9.59 Å². The highest BCUT2D eigenvalue weighted by atomic mass is 16.5. The first kappa shape index (κ1) is 16.8. The molecule has 0 saturated carbocycles. The van der Waals surface area contributed by atoms with Crippen molar-refractivity contribution in [2.75, 3.05) is 32.6 Å². The van der Waals surface area contributed by atoms with Crippen LogP contribution in [0.1, 0.15) is 0 Å². The number of hydrogen-bond donors (Lipinski definition) is 1. The van der Waals surface area contributed by atoms with Crippen molar-refractivity contribution < 1.29 is 9.53 Å². The number of nitrogens with one attached hydrogen (secondary N) is 1. The molecule has 0 fully saturated rings. The maximum Gasteiger partial charge on any atom is 0.250 e. The van der Waals surface area contributed by atoms with Gasteiger partial charge in [-0.1, -0.05) is 6.07 Å². The number of hydrogen-bond acceptors (Lipinski definition) is 4. The van der Waals surface area contributed by atoms with E-state index >= 15 is 0 Å². The van der Waals surface area contributed by atoms with Gasteiger partial charge in [0, 0.05) is 24.5 Å². The third-order valence-electron chi connectivity index (χ3n) is 3.16. The van der Waals surface area contributed by atoms with E-state index in [1.54, 1.807) is 42.6 Å². The monoisotopic (exact) mass is 315 g/mol. The molecule has 0 bridgehead atoms. The van der Waals surface area contributed by atoms with Gasteiger partial charge in [0.25, 0.3) is 5.56 Å². The van der Waals surface area contributed by atoms with Crippen molar-refractivity contribution >= 4 is 11.6 Å². The van der Waals surface area contributed by atoms with E-state index in [4.69, 9.17) is 4.74 Å². The summed E-state index contributed by atoms with van der Waals surface area (Å²) in [5.41, 5.74) is 0.464. The van der Waals surface area contributed by atoms with Crippen molar-refractivity contribution in [2.45, 2.75) is 6.54 Å². The second-order valence-electron chi connectivity index (χ2n) is 5.39. The van der Waals surface area contributed by atoms with E-state index in [1.165, 1.54) is 10.6 Å². The molecule has 1 aromatic heterocycles. The molecule has 6 nitrogen and oxygen atoms in total. The van der Waals surface area contributed by atoms with Crippen LogP contribution >= 0.6 is 0 Å². The number of rotatable bonds is 7. The van der Waals surface area contributed by atoms with Crippen LogP contribution in [-0.4, -0.2) is 42.6 Å². The first-order valence-corrected chi connectivity index (χ1v) is 7.37. The Bertz CT molecular complexity index is 693. The van der Waals surface area contributed by atoms with Crippen LogP contribution in [0.3, 0.4) is 0 Å². The van der Waals surface area contributed by atoms with Crippen LogP contribution in [0, 0.1) is 0 Å². The molecule has 122 valence electrons. The molecule has 2 rings (SSSR count). The first-order chi connectivity index (χ1) is 11.0. The van der Waals surface area contributed by atoms with Crippen LogP contribution in [0.15, 0.2) is 53.5 Å². The third-order valence-corrected chi connectivity index (χ3v) is 3.16. The number of amides is 1. The molecule has 1 aromatic carbocycles. The number of anilines is 1. The number of carbonyl (C=O) groups is 1. The quantitative estimate of drug-likeness (QED) is 0.839. The number of carbonyl (C=O) groups excluding carboxylic acids is 1. The summed E-state index contributed by atoms with van der Waals surface area (Å²) in [6.07, 6.45) is 1.59. The van der Waals surface area contributed by atoms with Crippen LogP contribution in [0.5, 0.6) is 5.75 Å². The molecular formula is C17H21N3O3. The second-order valence-corrected chi connectivity index (χ2v) is 5.39. The number of benzene rings is 1. The van der Waals surface area contributed by atoms with E-state index in [-0.39, 0.29) is 18.0 Å². The molecule has 1 N–H and O–H groups in total. The fraction of sp³-hybridized carbons (Fsp3) is 0.294. The fourth-order valence-electron chi connectivity index (χ4n) is 1.93. The fourth-order valence-corrected chi connectivity index (χ4v) is 1.93. The number of nitrogens with zero attached hydrogens (tertiary/aromatic N) is 2. The zero-order valence-electron chi connectivity index (χ0n) is 13.4. The predicted molar refractivity (Wildman–Crippen MR) is 89.8 cm³/mol. The van der Waals surface area contributed by atoms with Crippen molar-refractivity contribution in [3.63, 3.8) is 0 Å². The summed E-state index contributed by atoms with van der Waals surface area (Å²) < 4.78 is 6.94. The lowest BCUT2D eigenvalue weighted by molar-refractivity contribution is -0.116.